The second kappa shape index (κ2) is 5.94. The van der Waals surface area contributed by atoms with Crippen molar-refractivity contribution in [2.24, 2.45) is 0 Å². The van der Waals surface area contributed by atoms with E-state index in [0.29, 0.717) is 6.54 Å². The monoisotopic (exact) mass is 385 g/mol. The number of fused-ring (bicyclic) bond motifs is 1. The fraction of sp³-hybridized carbons (Fsp3) is 0.222. The van der Waals surface area contributed by atoms with Crippen LogP contribution in [0, 0.1) is 0 Å². The fourth-order valence-electron chi connectivity index (χ4n) is 3.32. The smallest absolute Gasteiger partial charge is 0.407 e. The molecule has 5 nitrogen and oxygen atoms in total. The number of aromatic nitrogens is 2. The van der Waals surface area contributed by atoms with Gasteiger partial charge in [-0.25, -0.2) is 9.78 Å². The lowest BCUT2D eigenvalue weighted by molar-refractivity contribution is 0.139. The molecular weight excluding hydrogens is 370 g/mol. The molecule has 1 saturated heterocycles. The van der Waals surface area contributed by atoms with E-state index in [-0.39, 0.29) is 6.04 Å². The fourth-order valence-corrected chi connectivity index (χ4v) is 3.70. The Morgan fingerprint density at radius 1 is 1.25 bits per heavy atom. The van der Waals surface area contributed by atoms with Gasteiger partial charge in [-0.15, -0.1) is 0 Å². The highest BCUT2D eigenvalue weighted by molar-refractivity contribution is 9.10. The molecule has 0 radical (unpaired) electrons. The van der Waals surface area contributed by atoms with Gasteiger partial charge in [-0.1, -0.05) is 34.1 Å². The number of rotatable bonds is 2. The molecule has 0 saturated carbocycles. The maximum absolute atomic E-state index is 11.3. The third-order valence-electron chi connectivity index (χ3n) is 4.52. The van der Waals surface area contributed by atoms with Gasteiger partial charge in [0, 0.05) is 16.6 Å². The number of nitrogens with one attached hydrogen (secondary N) is 1. The Morgan fingerprint density at radius 3 is 2.88 bits per heavy atom. The predicted molar refractivity (Wildman–Crippen MR) is 95.9 cm³/mol. The van der Waals surface area contributed by atoms with E-state index < -0.39 is 6.09 Å². The van der Waals surface area contributed by atoms with E-state index in [9.17, 15) is 9.90 Å². The highest BCUT2D eigenvalue weighted by Gasteiger charge is 2.31. The van der Waals surface area contributed by atoms with Gasteiger partial charge in [0.1, 0.15) is 5.82 Å². The van der Waals surface area contributed by atoms with Gasteiger partial charge in [0.05, 0.1) is 17.9 Å². The largest absolute Gasteiger partial charge is 0.465 e. The maximum Gasteiger partial charge on any atom is 0.407 e. The number of carbonyl (C=O) groups is 1. The number of halogens is 1. The average Bonchev–Trinajstić information content (AvgIpc) is 3.23. The van der Waals surface area contributed by atoms with Crippen molar-refractivity contribution >= 4 is 32.8 Å². The molecule has 1 aliphatic rings. The number of H-pyrrole nitrogens is 1. The lowest BCUT2D eigenvalue weighted by Crippen LogP contribution is -2.29. The molecule has 2 heterocycles. The van der Waals surface area contributed by atoms with Gasteiger partial charge in [0.2, 0.25) is 0 Å². The molecule has 1 atom stereocenters. The number of likely N-dealkylation sites (tertiary alicyclic amines) is 1. The van der Waals surface area contributed by atoms with E-state index in [1.54, 1.807) is 6.20 Å². The normalized spacial score (nSPS) is 17.5. The quantitative estimate of drug-likeness (QED) is 0.664. The summed E-state index contributed by atoms with van der Waals surface area (Å²) in [7, 11) is 0. The number of amides is 1. The molecule has 1 aliphatic heterocycles. The van der Waals surface area contributed by atoms with Crippen molar-refractivity contribution in [1.82, 2.24) is 14.9 Å². The van der Waals surface area contributed by atoms with Crippen LogP contribution in [0.2, 0.25) is 0 Å². The molecule has 0 aliphatic carbocycles. The van der Waals surface area contributed by atoms with Gasteiger partial charge in [0.15, 0.2) is 0 Å². The molecule has 24 heavy (non-hydrogen) atoms. The van der Waals surface area contributed by atoms with E-state index in [4.69, 9.17) is 0 Å². The molecule has 3 aromatic rings. The molecule has 0 bridgehead atoms. The van der Waals surface area contributed by atoms with E-state index in [2.05, 4.69) is 56.2 Å². The molecule has 4 rings (SSSR count). The molecule has 1 fully saturated rings. The molecule has 2 N–H and O–H groups in total. The van der Waals surface area contributed by atoms with Crippen LogP contribution in [0.3, 0.4) is 0 Å². The zero-order valence-corrected chi connectivity index (χ0v) is 14.5. The minimum absolute atomic E-state index is 0.173. The summed E-state index contributed by atoms with van der Waals surface area (Å²) in [6.07, 6.45) is 2.59. The summed E-state index contributed by atoms with van der Waals surface area (Å²) >= 11 is 3.49. The van der Waals surface area contributed by atoms with Gasteiger partial charge in [0.25, 0.3) is 0 Å². The minimum atomic E-state index is -0.883. The highest BCUT2D eigenvalue weighted by atomic mass is 79.9. The number of carboxylic acid groups (broad SMARTS) is 1. The van der Waals surface area contributed by atoms with Crippen molar-refractivity contribution in [2.45, 2.75) is 18.9 Å². The zero-order valence-electron chi connectivity index (χ0n) is 12.9. The number of nitrogens with zero attached hydrogens (tertiary/aromatic N) is 2. The first-order valence-corrected chi connectivity index (χ1v) is 8.65. The molecular formula is C18H16BrN3O2. The summed E-state index contributed by atoms with van der Waals surface area (Å²) in [5.41, 5.74) is 1.95. The molecule has 1 amide bonds. The van der Waals surface area contributed by atoms with Gasteiger partial charge in [-0.3, -0.25) is 4.90 Å². The standard InChI is InChI=1S/C18H16BrN3O2/c19-14-6-5-11-8-13(4-3-12(11)9-14)15-10-20-17(21-15)16-2-1-7-22(16)18(23)24/h3-6,8-10,16H,1-2,7H2,(H,20,21)(H,23,24). The first kappa shape index (κ1) is 15.2. The number of aromatic amines is 1. The highest BCUT2D eigenvalue weighted by Crippen LogP contribution is 2.32. The summed E-state index contributed by atoms with van der Waals surface area (Å²) in [5, 5.41) is 11.6. The lowest BCUT2D eigenvalue weighted by Gasteiger charge is -2.19. The summed E-state index contributed by atoms with van der Waals surface area (Å²) in [6.45, 7) is 0.570. The molecule has 0 spiro atoms. The van der Waals surface area contributed by atoms with Crippen molar-refractivity contribution in [3.63, 3.8) is 0 Å². The van der Waals surface area contributed by atoms with Gasteiger partial charge < -0.3 is 10.1 Å². The van der Waals surface area contributed by atoms with Crippen LogP contribution in [0.1, 0.15) is 24.7 Å². The van der Waals surface area contributed by atoms with Crippen LogP contribution in [0.5, 0.6) is 0 Å². The first-order chi connectivity index (χ1) is 11.6. The minimum Gasteiger partial charge on any atom is -0.465 e. The average molecular weight is 386 g/mol. The first-order valence-electron chi connectivity index (χ1n) is 7.86. The number of imidazole rings is 1. The SMILES string of the molecule is O=C(O)N1CCCC1c1ncc(-c2ccc3cc(Br)ccc3c2)[nH]1. The van der Waals surface area contributed by atoms with Crippen molar-refractivity contribution < 1.29 is 9.90 Å². The third-order valence-corrected chi connectivity index (χ3v) is 5.02. The van der Waals surface area contributed by atoms with Crippen LogP contribution in [-0.2, 0) is 0 Å². The summed E-state index contributed by atoms with van der Waals surface area (Å²) in [6, 6.07) is 12.2. The Kier molecular flexibility index (Phi) is 3.76. The van der Waals surface area contributed by atoms with Crippen LogP contribution < -0.4 is 0 Å². The second-order valence-corrected chi connectivity index (χ2v) is 6.94. The Labute approximate surface area is 147 Å². The summed E-state index contributed by atoms with van der Waals surface area (Å²) in [4.78, 5) is 20.5. The van der Waals surface area contributed by atoms with Crippen LogP contribution >= 0.6 is 15.9 Å². The Bertz CT molecular complexity index is 922. The van der Waals surface area contributed by atoms with Gasteiger partial charge in [-0.2, -0.15) is 0 Å². The molecule has 2 aromatic carbocycles. The Balaban J connectivity index is 1.67. The second-order valence-electron chi connectivity index (χ2n) is 6.02. The molecule has 6 heteroatoms. The Morgan fingerprint density at radius 2 is 2.04 bits per heavy atom. The van der Waals surface area contributed by atoms with E-state index >= 15 is 0 Å². The summed E-state index contributed by atoms with van der Waals surface area (Å²) in [5.74, 6) is 0.723. The van der Waals surface area contributed by atoms with Crippen LogP contribution in [0.25, 0.3) is 22.0 Å². The van der Waals surface area contributed by atoms with Crippen LogP contribution in [-0.4, -0.2) is 32.6 Å². The lowest BCUT2D eigenvalue weighted by atomic mass is 10.1. The number of hydrogen-bond acceptors (Lipinski definition) is 2. The number of hydrogen-bond donors (Lipinski definition) is 2. The van der Waals surface area contributed by atoms with Crippen LogP contribution in [0.4, 0.5) is 4.79 Å². The molecule has 1 aromatic heterocycles. The zero-order chi connectivity index (χ0) is 16.7. The van der Waals surface area contributed by atoms with E-state index in [1.807, 2.05) is 6.07 Å². The van der Waals surface area contributed by atoms with Crippen LogP contribution in [0.15, 0.2) is 47.1 Å². The van der Waals surface area contributed by atoms with Crippen molar-refractivity contribution in [3.05, 3.63) is 52.9 Å². The third kappa shape index (κ3) is 2.67. The Hall–Kier alpha value is -2.34. The predicted octanol–water partition coefficient (Wildman–Crippen LogP) is 4.81. The maximum atomic E-state index is 11.3. The van der Waals surface area contributed by atoms with E-state index in [0.717, 1.165) is 39.8 Å². The van der Waals surface area contributed by atoms with Gasteiger partial charge >= 0.3 is 6.09 Å². The molecule has 1 unspecified atom stereocenters. The van der Waals surface area contributed by atoms with E-state index in [1.165, 1.54) is 10.3 Å². The number of benzene rings is 2. The van der Waals surface area contributed by atoms with Crippen molar-refractivity contribution in [2.75, 3.05) is 6.54 Å². The molecule has 122 valence electrons. The topological polar surface area (TPSA) is 69.2 Å². The van der Waals surface area contributed by atoms with Crippen molar-refractivity contribution in [1.29, 1.82) is 0 Å². The van der Waals surface area contributed by atoms with Crippen molar-refractivity contribution in [3.8, 4) is 11.3 Å². The summed E-state index contributed by atoms with van der Waals surface area (Å²) < 4.78 is 1.06. The van der Waals surface area contributed by atoms with Gasteiger partial charge in [-0.05, 0) is 41.8 Å².